The number of para-hydroxylation sites is 1. The van der Waals surface area contributed by atoms with Crippen LogP contribution >= 0.6 is 0 Å². The second-order valence-corrected chi connectivity index (χ2v) is 11.5. The predicted octanol–water partition coefficient (Wildman–Crippen LogP) is 5.41. The van der Waals surface area contributed by atoms with Crippen LogP contribution < -0.4 is 4.90 Å². The van der Waals surface area contributed by atoms with Crippen LogP contribution in [0.5, 0.6) is 0 Å². The maximum absolute atomic E-state index is 13.4. The van der Waals surface area contributed by atoms with Crippen LogP contribution in [0.25, 0.3) is 0 Å². The van der Waals surface area contributed by atoms with Gasteiger partial charge in [0.15, 0.2) is 8.24 Å². The van der Waals surface area contributed by atoms with Gasteiger partial charge in [-0.05, 0) is 36.7 Å². The molecule has 0 radical (unpaired) electrons. The summed E-state index contributed by atoms with van der Waals surface area (Å²) >= 11 is 0. The van der Waals surface area contributed by atoms with Crippen LogP contribution in [0, 0.1) is 0 Å². The number of benzene rings is 1. The number of rotatable bonds is 9. The highest BCUT2D eigenvalue weighted by Crippen LogP contribution is 2.37. The van der Waals surface area contributed by atoms with Gasteiger partial charge in [-0.2, -0.15) is 0 Å². The van der Waals surface area contributed by atoms with Crippen LogP contribution in [0.2, 0.25) is 18.1 Å². The summed E-state index contributed by atoms with van der Waals surface area (Å²) in [6.45, 7) is 8.51. The molecule has 1 aromatic rings. The molecule has 5 heteroatoms. The quantitative estimate of drug-likeness (QED) is 0.436. The van der Waals surface area contributed by atoms with Gasteiger partial charge in [0, 0.05) is 5.69 Å². The Morgan fingerprint density at radius 1 is 0.880 bits per heavy atom. The zero-order valence-corrected chi connectivity index (χ0v) is 17.1. The molecule has 4 nitrogen and oxygen atoms in total. The van der Waals surface area contributed by atoms with E-state index in [1.54, 1.807) is 9.47 Å². The number of anilines is 1. The molecule has 0 aromatic heterocycles. The number of carbonyl (C=O) groups is 2. The average Bonchev–Trinajstić information content (AvgIpc) is 2.86. The van der Waals surface area contributed by atoms with Crippen molar-refractivity contribution in [3.63, 3.8) is 0 Å². The lowest BCUT2D eigenvalue weighted by molar-refractivity contribution is -0.124. The molecule has 1 atom stereocenters. The summed E-state index contributed by atoms with van der Waals surface area (Å²) in [5.74, 6) is 0.0402. The molecule has 0 bridgehead atoms. The average molecular weight is 361 g/mol. The van der Waals surface area contributed by atoms with Gasteiger partial charge in [0.05, 0.1) is 0 Å². The standard InChI is InChI=1S/C20H32N2O2Si/c1-5-14-25(15-6-2,16-7-3)22-19(23)18(8-4)21(20(22)24)17-12-10-9-11-13-17/h9-13,18H,5-8,14-16H2,1-4H3. The first kappa shape index (κ1) is 19.7. The van der Waals surface area contributed by atoms with Crippen LogP contribution in [0.1, 0.15) is 53.4 Å². The third kappa shape index (κ3) is 3.66. The summed E-state index contributed by atoms with van der Waals surface area (Å²) in [6.07, 6.45) is 3.76. The van der Waals surface area contributed by atoms with Gasteiger partial charge in [-0.1, -0.05) is 65.2 Å². The summed E-state index contributed by atoms with van der Waals surface area (Å²) < 4.78 is 1.77. The van der Waals surface area contributed by atoms with Crippen molar-refractivity contribution in [3.8, 4) is 0 Å². The van der Waals surface area contributed by atoms with Crippen molar-refractivity contribution in [2.45, 2.75) is 77.6 Å². The van der Waals surface area contributed by atoms with Gasteiger partial charge in [-0.3, -0.25) is 14.3 Å². The molecular weight excluding hydrogens is 328 g/mol. The van der Waals surface area contributed by atoms with Gasteiger partial charge in [0.2, 0.25) is 5.91 Å². The van der Waals surface area contributed by atoms with Crippen LogP contribution in [-0.2, 0) is 4.79 Å². The van der Waals surface area contributed by atoms with E-state index in [1.807, 2.05) is 37.3 Å². The maximum Gasteiger partial charge on any atom is 0.323 e. The lowest BCUT2D eigenvalue weighted by Gasteiger charge is -2.38. The molecule has 1 fully saturated rings. The fourth-order valence-electron chi connectivity index (χ4n) is 4.37. The minimum absolute atomic E-state index is 0.0402. The Balaban J connectivity index is 2.48. The van der Waals surface area contributed by atoms with Crippen LogP contribution in [0.3, 0.4) is 0 Å². The number of hydrogen-bond acceptors (Lipinski definition) is 2. The smallest absolute Gasteiger partial charge is 0.291 e. The Kier molecular flexibility index (Phi) is 6.82. The van der Waals surface area contributed by atoms with Crippen molar-refractivity contribution in [1.82, 2.24) is 4.57 Å². The number of amides is 3. The summed E-state index contributed by atoms with van der Waals surface area (Å²) in [4.78, 5) is 28.5. The maximum atomic E-state index is 13.4. The predicted molar refractivity (Wildman–Crippen MR) is 106 cm³/mol. The first-order valence-electron chi connectivity index (χ1n) is 9.78. The van der Waals surface area contributed by atoms with Crippen LogP contribution in [0.15, 0.2) is 30.3 Å². The van der Waals surface area contributed by atoms with E-state index < -0.39 is 8.24 Å². The molecule has 0 N–H and O–H groups in total. The Labute approximate surface area is 153 Å². The molecule has 1 saturated heterocycles. The van der Waals surface area contributed by atoms with E-state index in [2.05, 4.69) is 20.8 Å². The number of imide groups is 1. The number of urea groups is 1. The molecule has 2 rings (SSSR count). The van der Waals surface area contributed by atoms with Crippen molar-refractivity contribution in [2.24, 2.45) is 0 Å². The Morgan fingerprint density at radius 3 is 1.84 bits per heavy atom. The van der Waals surface area contributed by atoms with Gasteiger partial charge in [-0.25, -0.2) is 4.79 Å². The molecule has 0 saturated carbocycles. The van der Waals surface area contributed by atoms with Crippen molar-refractivity contribution in [3.05, 3.63) is 30.3 Å². The van der Waals surface area contributed by atoms with E-state index in [0.29, 0.717) is 6.42 Å². The molecule has 1 unspecified atom stereocenters. The van der Waals surface area contributed by atoms with Gasteiger partial charge in [-0.15, -0.1) is 0 Å². The summed E-state index contributed by atoms with van der Waals surface area (Å²) in [5, 5.41) is 0. The van der Waals surface area contributed by atoms with E-state index in [1.165, 1.54) is 0 Å². The molecule has 0 spiro atoms. The zero-order valence-electron chi connectivity index (χ0n) is 16.1. The van der Waals surface area contributed by atoms with E-state index in [0.717, 1.165) is 43.1 Å². The molecule has 25 heavy (non-hydrogen) atoms. The topological polar surface area (TPSA) is 40.6 Å². The monoisotopic (exact) mass is 360 g/mol. The minimum atomic E-state index is -2.13. The van der Waals surface area contributed by atoms with Crippen molar-refractivity contribution < 1.29 is 9.59 Å². The number of nitrogens with zero attached hydrogens (tertiary/aromatic N) is 2. The highest BCUT2D eigenvalue weighted by molar-refractivity contribution is 6.82. The highest BCUT2D eigenvalue weighted by atomic mass is 28.3. The molecule has 3 amide bonds. The van der Waals surface area contributed by atoms with E-state index >= 15 is 0 Å². The number of hydrogen-bond donors (Lipinski definition) is 0. The normalized spacial score (nSPS) is 18.3. The van der Waals surface area contributed by atoms with Crippen molar-refractivity contribution >= 4 is 25.9 Å². The van der Waals surface area contributed by atoms with E-state index in [-0.39, 0.29) is 18.0 Å². The van der Waals surface area contributed by atoms with Crippen molar-refractivity contribution in [2.75, 3.05) is 4.90 Å². The van der Waals surface area contributed by atoms with Gasteiger partial charge in [0.25, 0.3) is 0 Å². The zero-order chi connectivity index (χ0) is 18.4. The second-order valence-electron chi connectivity index (χ2n) is 7.06. The molecule has 1 heterocycles. The molecule has 0 aliphatic carbocycles. The molecule has 1 aromatic carbocycles. The molecular formula is C20H32N2O2Si. The molecule has 1 aliphatic heterocycles. The molecule has 138 valence electrons. The third-order valence-electron chi connectivity index (χ3n) is 5.26. The van der Waals surface area contributed by atoms with Crippen molar-refractivity contribution in [1.29, 1.82) is 0 Å². The fraction of sp³-hybridized carbons (Fsp3) is 0.600. The lowest BCUT2D eigenvalue weighted by atomic mass is 10.2. The fourth-order valence-corrected chi connectivity index (χ4v) is 9.72. The van der Waals surface area contributed by atoms with E-state index in [4.69, 9.17) is 0 Å². The van der Waals surface area contributed by atoms with Gasteiger partial charge in [0.1, 0.15) is 6.04 Å². The first-order chi connectivity index (χ1) is 12.1. The largest absolute Gasteiger partial charge is 0.323 e. The summed E-state index contributed by atoms with van der Waals surface area (Å²) in [6, 6.07) is 12.3. The third-order valence-corrected chi connectivity index (χ3v) is 10.9. The lowest BCUT2D eigenvalue weighted by Crippen LogP contribution is -2.56. The van der Waals surface area contributed by atoms with E-state index in [9.17, 15) is 9.59 Å². The van der Waals surface area contributed by atoms with Crippen LogP contribution in [-0.4, -0.2) is 30.8 Å². The Morgan fingerprint density at radius 2 is 1.40 bits per heavy atom. The molecule has 1 aliphatic rings. The van der Waals surface area contributed by atoms with Crippen LogP contribution in [0.4, 0.5) is 10.5 Å². The van der Waals surface area contributed by atoms with Gasteiger partial charge >= 0.3 is 6.03 Å². The summed E-state index contributed by atoms with van der Waals surface area (Å²) in [7, 11) is -2.13. The minimum Gasteiger partial charge on any atom is -0.291 e. The Bertz CT molecular complexity index is 574. The first-order valence-corrected chi connectivity index (χ1v) is 12.3. The second kappa shape index (κ2) is 8.65. The summed E-state index contributed by atoms with van der Waals surface area (Å²) in [5.41, 5.74) is 0.836. The number of carbonyl (C=O) groups excluding carboxylic acids is 2. The van der Waals surface area contributed by atoms with Gasteiger partial charge < -0.3 is 0 Å². The SMILES string of the molecule is CCC[Si](CCC)(CCC)N1C(=O)C(CC)N(c2ccccc2)C1=O. The highest BCUT2D eigenvalue weighted by Gasteiger charge is 2.54. The Hall–Kier alpha value is -1.62.